The lowest BCUT2D eigenvalue weighted by Gasteiger charge is -2.37. The van der Waals surface area contributed by atoms with Gasteiger partial charge in [0.05, 0.1) is 21.8 Å². The number of nitrogens with zero attached hydrogens (tertiary/aromatic N) is 6. The minimum atomic E-state index is 0.195. The molecule has 0 bridgehead atoms. The molecule has 38 heavy (non-hydrogen) atoms. The van der Waals surface area contributed by atoms with Crippen LogP contribution in [0.4, 0.5) is 17.3 Å². The molecule has 2 N–H and O–H groups in total. The molecule has 1 aromatic carbocycles. The topological polar surface area (TPSA) is 89.5 Å². The minimum absolute atomic E-state index is 0.195. The zero-order valence-corrected chi connectivity index (χ0v) is 23.0. The first-order chi connectivity index (χ1) is 18.5. The van der Waals surface area contributed by atoms with Gasteiger partial charge in [-0.1, -0.05) is 6.08 Å². The van der Waals surface area contributed by atoms with Crippen molar-refractivity contribution < 1.29 is 4.79 Å². The molecule has 0 radical (unpaired) electrons. The first kappa shape index (κ1) is 25.2. The van der Waals surface area contributed by atoms with E-state index in [1.807, 2.05) is 22.5 Å². The van der Waals surface area contributed by atoms with E-state index in [0.29, 0.717) is 19.0 Å². The van der Waals surface area contributed by atoms with E-state index < -0.39 is 0 Å². The number of carbonyl (C=O) groups is 1. The van der Waals surface area contributed by atoms with E-state index in [2.05, 4.69) is 61.4 Å². The molecule has 3 aliphatic rings. The first-order valence-corrected chi connectivity index (χ1v) is 14.6. The summed E-state index contributed by atoms with van der Waals surface area (Å²) in [5.41, 5.74) is 6.34. The fourth-order valence-electron chi connectivity index (χ4n) is 5.69. The van der Waals surface area contributed by atoms with Crippen LogP contribution in [0.2, 0.25) is 0 Å². The molecule has 1 amide bonds. The number of fused-ring (bicyclic) bond motifs is 2. The van der Waals surface area contributed by atoms with Crippen LogP contribution >= 0.6 is 11.3 Å². The zero-order chi connectivity index (χ0) is 26.1. The van der Waals surface area contributed by atoms with Gasteiger partial charge in [-0.3, -0.25) is 9.69 Å². The van der Waals surface area contributed by atoms with E-state index in [0.717, 1.165) is 85.2 Å². The predicted molar refractivity (Wildman–Crippen MR) is 153 cm³/mol. The molecule has 1 saturated heterocycles. The van der Waals surface area contributed by atoms with Crippen LogP contribution in [-0.2, 0) is 11.2 Å². The second-order valence-corrected chi connectivity index (χ2v) is 11.6. The van der Waals surface area contributed by atoms with Gasteiger partial charge in [0.2, 0.25) is 5.91 Å². The molecular weight excluding hydrogens is 496 g/mol. The van der Waals surface area contributed by atoms with Crippen LogP contribution in [0.1, 0.15) is 32.3 Å². The quantitative estimate of drug-likeness (QED) is 0.445. The normalized spacial score (nSPS) is 20.4. The number of hydrogen-bond donors (Lipinski definition) is 2. The Bertz CT molecular complexity index is 1330. The molecule has 0 aliphatic carbocycles. The van der Waals surface area contributed by atoms with Gasteiger partial charge in [0.1, 0.15) is 18.0 Å². The number of carbonyl (C=O) groups excluding carboxylic acids is 1. The van der Waals surface area contributed by atoms with Gasteiger partial charge in [-0.25, -0.2) is 15.0 Å². The molecule has 9 nitrogen and oxygen atoms in total. The van der Waals surface area contributed by atoms with Gasteiger partial charge < -0.3 is 20.4 Å². The molecule has 1 fully saturated rings. The summed E-state index contributed by atoms with van der Waals surface area (Å²) in [6.45, 7) is 11.2. The van der Waals surface area contributed by atoms with Gasteiger partial charge in [-0.05, 0) is 44.0 Å². The lowest BCUT2D eigenvalue weighted by molar-refractivity contribution is -0.131. The van der Waals surface area contributed by atoms with Gasteiger partial charge >= 0.3 is 0 Å². The summed E-state index contributed by atoms with van der Waals surface area (Å²) >= 11 is 1.63. The highest BCUT2D eigenvalue weighted by atomic mass is 32.1. The number of nitrogens with one attached hydrogen (secondary N) is 2. The second kappa shape index (κ2) is 11.0. The van der Waals surface area contributed by atoms with Gasteiger partial charge in [-0.15, -0.1) is 11.3 Å². The van der Waals surface area contributed by atoms with Crippen molar-refractivity contribution in [3.05, 3.63) is 47.2 Å². The Labute approximate surface area is 228 Å². The monoisotopic (exact) mass is 532 g/mol. The predicted octanol–water partition coefficient (Wildman–Crippen LogP) is 3.74. The summed E-state index contributed by atoms with van der Waals surface area (Å²) in [6.07, 6.45) is 6.19. The van der Waals surface area contributed by atoms with Crippen molar-refractivity contribution in [2.45, 2.75) is 45.2 Å². The van der Waals surface area contributed by atoms with Crippen LogP contribution in [-0.4, -0.2) is 93.5 Å². The van der Waals surface area contributed by atoms with Gasteiger partial charge in [0.25, 0.3) is 0 Å². The summed E-state index contributed by atoms with van der Waals surface area (Å²) in [5.74, 6) is 2.00. The summed E-state index contributed by atoms with van der Waals surface area (Å²) < 4.78 is 1.15. The van der Waals surface area contributed by atoms with Gasteiger partial charge in [0, 0.05) is 75.9 Å². The maximum absolute atomic E-state index is 12.9. The van der Waals surface area contributed by atoms with Crippen LogP contribution in [0, 0.1) is 0 Å². The van der Waals surface area contributed by atoms with E-state index in [-0.39, 0.29) is 11.9 Å². The fraction of sp³-hybridized carbons (Fsp3) is 0.500. The average molecular weight is 533 g/mol. The maximum Gasteiger partial charge on any atom is 0.224 e. The minimum Gasteiger partial charge on any atom is -0.363 e. The smallest absolute Gasteiger partial charge is 0.224 e. The van der Waals surface area contributed by atoms with E-state index in [4.69, 9.17) is 0 Å². The Morgan fingerprint density at radius 2 is 2.03 bits per heavy atom. The highest BCUT2D eigenvalue weighted by Crippen LogP contribution is 2.34. The van der Waals surface area contributed by atoms with Crippen LogP contribution in [0.15, 0.2) is 41.7 Å². The molecule has 0 spiro atoms. The second-order valence-electron chi connectivity index (χ2n) is 10.7. The van der Waals surface area contributed by atoms with Crippen LogP contribution < -0.4 is 10.6 Å². The number of rotatable bonds is 7. The zero-order valence-electron chi connectivity index (χ0n) is 22.2. The molecule has 10 heteroatoms. The lowest BCUT2D eigenvalue weighted by atomic mass is 9.97. The van der Waals surface area contributed by atoms with Crippen molar-refractivity contribution in [1.29, 1.82) is 0 Å². The Morgan fingerprint density at radius 3 is 2.82 bits per heavy atom. The van der Waals surface area contributed by atoms with Crippen molar-refractivity contribution in [3.63, 3.8) is 0 Å². The van der Waals surface area contributed by atoms with Crippen LogP contribution in [0.3, 0.4) is 0 Å². The Balaban J connectivity index is 1.02. The molecule has 2 aromatic heterocycles. The van der Waals surface area contributed by atoms with E-state index in [9.17, 15) is 4.79 Å². The summed E-state index contributed by atoms with van der Waals surface area (Å²) in [7, 11) is 0. The molecule has 3 aliphatic heterocycles. The summed E-state index contributed by atoms with van der Waals surface area (Å²) in [5, 5.41) is 7.09. The molecule has 1 unspecified atom stereocenters. The van der Waals surface area contributed by atoms with Gasteiger partial charge in [-0.2, -0.15) is 0 Å². The summed E-state index contributed by atoms with van der Waals surface area (Å²) in [4.78, 5) is 33.3. The van der Waals surface area contributed by atoms with E-state index >= 15 is 0 Å². The highest BCUT2D eigenvalue weighted by molar-refractivity contribution is 7.16. The highest BCUT2D eigenvalue weighted by Gasteiger charge is 2.30. The Hall–Kier alpha value is -3.08. The SMILES string of the molecule is CC(C)N1CCN(CCC(=O)N2CC=C(C3Cc4c(Nc5ccc6ncsc6c5)ncnc4N3)CC2)CC1. The summed E-state index contributed by atoms with van der Waals surface area (Å²) in [6, 6.07) is 6.98. The lowest BCUT2D eigenvalue weighted by Crippen LogP contribution is -2.49. The molecule has 200 valence electrons. The first-order valence-electron chi connectivity index (χ1n) is 13.7. The fourth-order valence-corrected chi connectivity index (χ4v) is 6.41. The number of piperazine rings is 1. The number of hydrogen-bond acceptors (Lipinski definition) is 9. The average Bonchev–Trinajstić information content (AvgIpc) is 3.59. The molecule has 1 atom stereocenters. The Morgan fingerprint density at radius 1 is 1.16 bits per heavy atom. The molecule has 0 saturated carbocycles. The number of anilines is 3. The molecule has 3 aromatic rings. The third kappa shape index (κ3) is 5.39. The standard InChI is InChI=1S/C28H36N8OS/c1-19(2)35-13-11-34(12-14-35)8-7-26(37)36-9-5-20(6-10-36)24-16-22-27(29-17-30-28(22)33-24)32-21-3-4-23-25(15-21)38-18-31-23/h3-5,15,17-19,24H,6-14,16H2,1-2H3,(H2,29,30,32,33). The van der Waals surface area contributed by atoms with Crippen molar-refractivity contribution in [2.24, 2.45) is 0 Å². The van der Waals surface area contributed by atoms with Crippen molar-refractivity contribution in [1.82, 2.24) is 29.7 Å². The third-order valence-corrected chi connectivity index (χ3v) is 8.87. The third-order valence-electron chi connectivity index (χ3n) is 8.08. The Kier molecular flexibility index (Phi) is 7.27. The number of thiazole rings is 1. The van der Waals surface area contributed by atoms with E-state index in [1.165, 1.54) is 5.57 Å². The van der Waals surface area contributed by atoms with Crippen LogP contribution in [0.5, 0.6) is 0 Å². The molecular formula is C28H36N8OS. The molecule has 5 heterocycles. The number of benzene rings is 1. The van der Waals surface area contributed by atoms with Crippen molar-refractivity contribution >= 4 is 44.8 Å². The van der Waals surface area contributed by atoms with Gasteiger partial charge in [0.15, 0.2) is 0 Å². The van der Waals surface area contributed by atoms with Crippen molar-refractivity contribution in [2.75, 3.05) is 56.4 Å². The molecule has 6 rings (SSSR count). The van der Waals surface area contributed by atoms with E-state index in [1.54, 1.807) is 17.7 Å². The van der Waals surface area contributed by atoms with Crippen LogP contribution in [0.25, 0.3) is 10.2 Å². The maximum atomic E-state index is 12.9. The number of amides is 1. The van der Waals surface area contributed by atoms with Crippen molar-refractivity contribution in [3.8, 4) is 0 Å². The largest absolute Gasteiger partial charge is 0.363 e. The number of aromatic nitrogens is 3.